The number of phenolic OH excluding ortho intramolecular Hbond substituents is 1. The van der Waals surface area contributed by atoms with Crippen LogP contribution in [0, 0.1) is 23.6 Å². The van der Waals surface area contributed by atoms with Crippen LogP contribution in [0.1, 0.15) is 24.3 Å². The van der Waals surface area contributed by atoms with Gasteiger partial charge < -0.3 is 9.84 Å². The van der Waals surface area contributed by atoms with Gasteiger partial charge in [-0.25, -0.2) is 9.29 Å². The second kappa shape index (κ2) is 9.16. The molecule has 2 heterocycles. The van der Waals surface area contributed by atoms with Crippen LogP contribution < -0.4 is 9.64 Å². The van der Waals surface area contributed by atoms with E-state index in [0.717, 1.165) is 42.5 Å². The number of carbonyl (C=O) groups excluding carboxylic acids is 4. The van der Waals surface area contributed by atoms with E-state index in [1.54, 1.807) is 0 Å². The lowest BCUT2D eigenvalue weighted by atomic mass is 9.56. The van der Waals surface area contributed by atoms with Crippen LogP contribution in [0.4, 0.5) is 23.2 Å². The van der Waals surface area contributed by atoms with Gasteiger partial charge in [-0.15, -0.1) is 36.4 Å². The molecule has 0 aromatic heterocycles. The smallest absolute Gasteiger partial charge is 0.508 e. The molecule has 9 nitrogen and oxygen atoms in total. The summed E-state index contributed by atoms with van der Waals surface area (Å²) in [5.74, 6) is -11.2. The molecule has 2 aliphatic heterocycles. The maximum absolute atomic E-state index is 14.1. The fourth-order valence-electron chi connectivity index (χ4n) is 6.69. The molecular weight excluding hydrogens is 611 g/mol. The summed E-state index contributed by atoms with van der Waals surface area (Å²) in [6.45, 7) is 0. The quantitative estimate of drug-likeness (QED) is 0.170. The number of aromatic hydroxyl groups is 1. The second-order valence-electron chi connectivity index (χ2n) is 10.5. The van der Waals surface area contributed by atoms with Crippen molar-refractivity contribution < 1.29 is 51.8 Å². The molecule has 2 N–H and O–H groups in total. The zero-order valence-electron chi connectivity index (χ0n) is 20.9. The Bertz CT molecular complexity index is 1600. The Hall–Kier alpha value is -3.68. The lowest BCUT2D eigenvalue weighted by Crippen LogP contribution is -2.60. The van der Waals surface area contributed by atoms with Gasteiger partial charge >= 0.3 is 6.36 Å². The maximum atomic E-state index is 14.1. The average molecular weight is 629 g/mol. The molecule has 2 aromatic rings. The van der Waals surface area contributed by atoms with Crippen LogP contribution in [-0.2, 0) is 19.2 Å². The number of phenols is 1. The first-order chi connectivity index (χ1) is 19.6. The van der Waals surface area contributed by atoms with Crippen molar-refractivity contribution in [3.8, 4) is 11.5 Å². The summed E-state index contributed by atoms with van der Waals surface area (Å²) in [7, 11) is 0. The predicted molar refractivity (Wildman–Crippen MR) is 135 cm³/mol. The number of ether oxygens (including phenoxy) is 1. The summed E-state index contributed by atoms with van der Waals surface area (Å²) in [5.41, 5.74) is -0.326. The fourth-order valence-corrected chi connectivity index (χ4v) is 7.62. The van der Waals surface area contributed by atoms with Crippen molar-refractivity contribution in [2.24, 2.45) is 17.8 Å². The summed E-state index contributed by atoms with van der Waals surface area (Å²) < 4.78 is 57.0. The number of anilines is 1. The van der Waals surface area contributed by atoms with Crippen LogP contribution in [0.15, 0.2) is 54.1 Å². The first-order valence-electron chi connectivity index (χ1n) is 12.5. The second-order valence-corrected chi connectivity index (χ2v) is 11.7. The highest BCUT2D eigenvalue weighted by atomic mass is 35.5. The molecule has 4 amide bonds. The third-order valence-corrected chi connectivity index (χ3v) is 9.83. The molecule has 6 unspecified atom stereocenters. The molecule has 1 saturated carbocycles. The number of allylic oxidation sites excluding steroid dienone is 2. The standard InChI is InChI=1S/C27H18Cl2F4N2O7/c28-25-10-17-14(6-7-15-19(17)22(38)35(41)21(15)37)20(16-9-13(5-8-18(16)36)42-27(31,32)33)26(25,29)24(40)34(23(25)39)12-3-1-11(30)2-4-12/h1-6,8-9,15,17,19-20,36,41H,7,10H2. The van der Waals surface area contributed by atoms with Gasteiger partial charge in [0.15, 0.2) is 9.75 Å². The van der Waals surface area contributed by atoms with Gasteiger partial charge in [-0.1, -0.05) is 11.6 Å². The van der Waals surface area contributed by atoms with Crippen molar-refractivity contribution in [1.82, 2.24) is 5.06 Å². The average Bonchev–Trinajstić information content (AvgIpc) is 3.23. The third kappa shape index (κ3) is 3.79. The minimum atomic E-state index is -5.13. The van der Waals surface area contributed by atoms with Crippen molar-refractivity contribution in [3.63, 3.8) is 0 Å². The molecule has 15 heteroatoms. The Morgan fingerprint density at radius 3 is 2.26 bits per heavy atom. The largest absolute Gasteiger partial charge is 0.573 e. The normalized spacial score (nSPS) is 32.5. The van der Waals surface area contributed by atoms with E-state index in [0.29, 0.717) is 4.90 Å². The van der Waals surface area contributed by atoms with Crippen LogP contribution in [0.25, 0.3) is 0 Å². The van der Waals surface area contributed by atoms with E-state index in [2.05, 4.69) is 4.74 Å². The van der Waals surface area contributed by atoms with Crippen LogP contribution in [0.5, 0.6) is 11.5 Å². The highest BCUT2D eigenvalue weighted by Gasteiger charge is 2.77. The maximum Gasteiger partial charge on any atom is 0.573 e. The Labute approximate surface area is 243 Å². The Balaban J connectivity index is 1.59. The Morgan fingerprint density at radius 1 is 0.952 bits per heavy atom. The van der Waals surface area contributed by atoms with Gasteiger partial charge in [0.1, 0.15) is 17.3 Å². The first kappa shape index (κ1) is 28.4. The molecule has 6 rings (SSSR count). The predicted octanol–water partition coefficient (Wildman–Crippen LogP) is 4.38. The molecule has 2 saturated heterocycles. The number of carbonyl (C=O) groups is 4. The molecule has 220 valence electrons. The molecule has 2 aromatic carbocycles. The minimum absolute atomic E-state index is 0.0354. The lowest BCUT2D eigenvalue weighted by Gasteiger charge is -2.50. The third-order valence-electron chi connectivity index (χ3n) is 8.42. The monoisotopic (exact) mass is 628 g/mol. The van der Waals surface area contributed by atoms with E-state index in [1.807, 2.05) is 0 Å². The molecule has 42 heavy (non-hydrogen) atoms. The molecule has 3 fully saturated rings. The lowest BCUT2D eigenvalue weighted by molar-refractivity contribution is -0.274. The molecule has 2 aliphatic carbocycles. The summed E-state index contributed by atoms with van der Waals surface area (Å²) in [4.78, 5) is 49.5. The van der Waals surface area contributed by atoms with E-state index in [9.17, 15) is 47.1 Å². The number of imide groups is 2. The summed E-state index contributed by atoms with van der Waals surface area (Å²) in [6.07, 6.45) is -4.29. The number of hydroxylamine groups is 2. The summed E-state index contributed by atoms with van der Waals surface area (Å²) in [5, 5.41) is 21.0. The first-order valence-corrected chi connectivity index (χ1v) is 13.2. The van der Waals surface area contributed by atoms with E-state index < -0.39 is 87.1 Å². The molecule has 0 radical (unpaired) electrons. The van der Waals surface area contributed by atoms with Gasteiger partial charge in [0.25, 0.3) is 23.6 Å². The SMILES string of the molecule is O=C1C2CC=C3C(CC4(Cl)C(=O)N(c5ccc(F)cc5)C(=O)C4(Cl)C3c3cc(OC(F)(F)F)ccc3O)C2C(=O)N1O. The van der Waals surface area contributed by atoms with E-state index >= 15 is 0 Å². The molecule has 4 aliphatic rings. The van der Waals surface area contributed by atoms with Gasteiger partial charge in [-0.2, -0.15) is 5.06 Å². The molecule has 6 atom stereocenters. The number of rotatable bonds is 3. The van der Waals surface area contributed by atoms with E-state index in [1.165, 1.54) is 6.08 Å². The number of amides is 4. The van der Waals surface area contributed by atoms with Crippen LogP contribution in [0.2, 0.25) is 0 Å². The van der Waals surface area contributed by atoms with Crippen LogP contribution in [0.3, 0.4) is 0 Å². The van der Waals surface area contributed by atoms with Crippen LogP contribution in [-0.4, -0.2) is 55.1 Å². The van der Waals surface area contributed by atoms with Crippen molar-refractivity contribution in [3.05, 3.63) is 65.5 Å². The van der Waals surface area contributed by atoms with E-state index in [4.69, 9.17) is 23.2 Å². The van der Waals surface area contributed by atoms with Crippen molar-refractivity contribution in [2.75, 3.05) is 4.90 Å². The zero-order chi connectivity index (χ0) is 30.5. The number of nitrogens with zero attached hydrogens (tertiary/aromatic N) is 2. The summed E-state index contributed by atoms with van der Waals surface area (Å²) >= 11 is 14.1. The van der Waals surface area contributed by atoms with Gasteiger partial charge in [0, 0.05) is 11.5 Å². The van der Waals surface area contributed by atoms with Crippen molar-refractivity contribution >= 4 is 52.5 Å². The Kier molecular flexibility index (Phi) is 6.20. The number of halogens is 6. The highest BCUT2D eigenvalue weighted by molar-refractivity contribution is 6.58. The minimum Gasteiger partial charge on any atom is -0.508 e. The number of hydrogen-bond acceptors (Lipinski definition) is 7. The van der Waals surface area contributed by atoms with Crippen LogP contribution >= 0.6 is 23.2 Å². The summed E-state index contributed by atoms with van der Waals surface area (Å²) in [6, 6.07) is 6.70. The molecule has 0 bridgehead atoms. The number of alkyl halides is 5. The van der Waals surface area contributed by atoms with Crippen molar-refractivity contribution in [2.45, 2.75) is 34.9 Å². The highest BCUT2D eigenvalue weighted by Crippen LogP contribution is 2.66. The van der Waals surface area contributed by atoms with Crippen molar-refractivity contribution in [1.29, 1.82) is 0 Å². The number of fused-ring (bicyclic) bond motifs is 4. The fraction of sp³-hybridized carbons (Fsp3) is 0.333. The molecule has 0 spiro atoms. The van der Waals surface area contributed by atoms with Gasteiger partial charge in [0.05, 0.1) is 17.5 Å². The number of hydrogen-bond donors (Lipinski definition) is 2. The van der Waals surface area contributed by atoms with Gasteiger partial charge in [-0.3, -0.25) is 24.4 Å². The molecular formula is C27H18Cl2F4N2O7. The zero-order valence-corrected chi connectivity index (χ0v) is 22.5. The van der Waals surface area contributed by atoms with Gasteiger partial charge in [0.2, 0.25) is 0 Å². The topological polar surface area (TPSA) is 124 Å². The number of benzene rings is 2. The Morgan fingerprint density at radius 2 is 1.62 bits per heavy atom. The van der Waals surface area contributed by atoms with Gasteiger partial charge in [-0.05, 0) is 61.2 Å². The van der Waals surface area contributed by atoms with E-state index in [-0.39, 0.29) is 28.3 Å².